The van der Waals surface area contributed by atoms with E-state index in [9.17, 15) is 26.4 Å². The van der Waals surface area contributed by atoms with E-state index in [0.29, 0.717) is 0 Å². The molecule has 2 rings (SSSR count). The Kier molecular flexibility index (Phi) is 8.14. The molecule has 0 amide bonds. The summed E-state index contributed by atoms with van der Waals surface area (Å²) >= 11 is 0. The largest absolute Gasteiger partial charge is 0.490 e. The van der Waals surface area contributed by atoms with E-state index in [1.54, 1.807) is 12.1 Å². The number of hydrogen-bond donors (Lipinski definition) is 3. The molecule has 0 aromatic heterocycles. The summed E-state index contributed by atoms with van der Waals surface area (Å²) in [4.78, 5) is 19.4. The Balaban J connectivity index is 0.000000480. The van der Waals surface area contributed by atoms with Crippen LogP contribution in [0.3, 0.4) is 0 Å². The molecule has 11 heteroatoms. The molecule has 0 unspecified atom stereocenters. The Hall–Kier alpha value is -2.92. The van der Waals surface area contributed by atoms with E-state index in [0.717, 1.165) is 11.1 Å². The van der Waals surface area contributed by atoms with Crippen LogP contribution in [-0.2, 0) is 19.6 Å². The number of carbonyl (C=O) groups is 2. The van der Waals surface area contributed by atoms with Gasteiger partial charge in [-0.1, -0.05) is 42.5 Å². The van der Waals surface area contributed by atoms with E-state index >= 15 is 0 Å². The van der Waals surface area contributed by atoms with Crippen molar-refractivity contribution in [2.24, 2.45) is 0 Å². The van der Waals surface area contributed by atoms with Crippen molar-refractivity contribution in [2.75, 3.05) is 6.54 Å². The molecule has 0 saturated carbocycles. The van der Waals surface area contributed by atoms with Crippen LogP contribution in [0.2, 0.25) is 0 Å². The quantitative estimate of drug-likeness (QED) is 0.662. The van der Waals surface area contributed by atoms with Crippen LogP contribution in [-0.4, -0.2) is 43.3 Å². The number of carboxylic acid groups (broad SMARTS) is 2. The first-order chi connectivity index (χ1) is 12.9. The zero-order chi connectivity index (χ0) is 21.4. The van der Waals surface area contributed by atoms with Gasteiger partial charge in [-0.2, -0.15) is 13.2 Å². The van der Waals surface area contributed by atoms with Gasteiger partial charge in [0.15, 0.2) is 0 Å². The third-order valence-corrected chi connectivity index (χ3v) is 4.62. The molecule has 0 heterocycles. The number of carboxylic acids is 2. The minimum absolute atomic E-state index is 0.118. The van der Waals surface area contributed by atoms with Gasteiger partial charge in [0, 0.05) is 6.54 Å². The number of halogens is 3. The van der Waals surface area contributed by atoms with Crippen molar-refractivity contribution in [3.05, 3.63) is 54.6 Å². The summed E-state index contributed by atoms with van der Waals surface area (Å²) in [7, 11) is -3.67. The smallest absolute Gasteiger partial charge is 0.481 e. The lowest BCUT2D eigenvalue weighted by Gasteiger charge is -2.07. The van der Waals surface area contributed by atoms with Gasteiger partial charge in [0.1, 0.15) is 0 Å². The van der Waals surface area contributed by atoms with Gasteiger partial charge < -0.3 is 10.2 Å². The first kappa shape index (κ1) is 23.1. The average Bonchev–Trinajstić information content (AvgIpc) is 2.62. The monoisotopic (exact) mass is 419 g/mol. The zero-order valence-electron chi connectivity index (χ0n) is 14.2. The molecular formula is C17H16F3NO6S. The van der Waals surface area contributed by atoms with Crippen LogP contribution in [0.1, 0.15) is 6.42 Å². The average molecular weight is 419 g/mol. The topological polar surface area (TPSA) is 121 Å². The second kappa shape index (κ2) is 9.85. The van der Waals surface area contributed by atoms with Gasteiger partial charge in [-0.15, -0.1) is 0 Å². The summed E-state index contributed by atoms with van der Waals surface area (Å²) in [6.45, 7) is -0.127. The Morgan fingerprint density at radius 2 is 1.36 bits per heavy atom. The van der Waals surface area contributed by atoms with Gasteiger partial charge in [-0.25, -0.2) is 17.9 Å². The highest BCUT2D eigenvalue weighted by molar-refractivity contribution is 7.89. The van der Waals surface area contributed by atoms with Crippen molar-refractivity contribution in [3.8, 4) is 11.1 Å². The molecule has 28 heavy (non-hydrogen) atoms. The lowest BCUT2D eigenvalue weighted by molar-refractivity contribution is -0.192. The van der Waals surface area contributed by atoms with Crippen LogP contribution in [0.25, 0.3) is 11.1 Å². The number of nitrogens with one attached hydrogen (secondary N) is 1. The lowest BCUT2D eigenvalue weighted by atomic mass is 10.1. The number of sulfonamides is 1. The van der Waals surface area contributed by atoms with Crippen molar-refractivity contribution in [2.45, 2.75) is 17.5 Å². The molecule has 0 spiro atoms. The highest BCUT2D eigenvalue weighted by Crippen LogP contribution is 2.20. The molecule has 0 bridgehead atoms. The van der Waals surface area contributed by atoms with Crippen LogP contribution in [0.15, 0.2) is 59.5 Å². The Bertz CT molecular complexity index is 897. The SMILES string of the molecule is O=C(O)C(F)(F)F.O=C(O)CCNS(=O)(=O)c1ccc(-c2ccccc2)cc1. The summed E-state index contributed by atoms with van der Waals surface area (Å²) in [6, 6.07) is 16.1. The summed E-state index contributed by atoms with van der Waals surface area (Å²) in [5, 5.41) is 15.6. The molecule has 2 aromatic carbocycles. The van der Waals surface area contributed by atoms with Crippen LogP contribution in [0.5, 0.6) is 0 Å². The normalized spacial score (nSPS) is 11.2. The molecule has 0 aliphatic rings. The van der Waals surface area contributed by atoms with Crippen molar-refractivity contribution < 1.29 is 41.4 Å². The van der Waals surface area contributed by atoms with Gasteiger partial charge in [0.25, 0.3) is 0 Å². The maximum absolute atomic E-state index is 12.0. The second-order valence-electron chi connectivity index (χ2n) is 5.23. The highest BCUT2D eigenvalue weighted by atomic mass is 32.2. The minimum atomic E-state index is -5.08. The molecule has 7 nitrogen and oxygen atoms in total. The fourth-order valence-corrected chi connectivity index (χ4v) is 2.86. The van der Waals surface area contributed by atoms with E-state index in [2.05, 4.69) is 4.72 Å². The Labute approximate surface area is 158 Å². The summed E-state index contributed by atoms with van der Waals surface area (Å²) < 4.78 is 57.9. The van der Waals surface area contributed by atoms with Gasteiger partial charge in [-0.3, -0.25) is 4.79 Å². The van der Waals surface area contributed by atoms with Gasteiger partial charge >= 0.3 is 18.1 Å². The molecule has 0 atom stereocenters. The van der Waals surface area contributed by atoms with Gasteiger partial charge in [0.2, 0.25) is 10.0 Å². The first-order valence-electron chi connectivity index (χ1n) is 7.60. The predicted octanol–water partition coefficient (Wildman–Crippen LogP) is 2.74. The van der Waals surface area contributed by atoms with E-state index in [1.165, 1.54) is 12.1 Å². The highest BCUT2D eigenvalue weighted by Gasteiger charge is 2.38. The number of rotatable bonds is 6. The van der Waals surface area contributed by atoms with Crippen molar-refractivity contribution in [1.29, 1.82) is 0 Å². The lowest BCUT2D eigenvalue weighted by Crippen LogP contribution is -2.26. The van der Waals surface area contributed by atoms with Crippen molar-refractivity contribution in [1.82, 2.24) is 4.72 Å². The summed E-state index contributed by atoms with van der Waals surface area (Å²) in [6.07, 6.45) is -5.33. The fraction of sp³-hybridized carbons (Fsp3) is 0.176. The summed E-state index contributed by atoms with van der Waals surface area (Å²) in [5.41, 5.74) is 1.92. The third kappa shape index (κ3) is 7.76. The number of benzene rings is 2. The molecular weight excluding hydrogens is 403 g/mol. The molecule has 2 aromatic rings. The molecule has 0 radical (unpaired) electrons. The molecule has 0 aliphatic heterocycles. The van der Waals surface area contributed by atoms with Gasteiger partial charge in [-0.05, 0) is 23.3 Å². The van der Waals surface area contributed by atoms with Crippen LogP contribution >= 0.6 is 0 Å². The predicted molar refractivity (Wildman–Crippen MR) is 93.0 cm³/mol. The molecule has 0 fully saturated rings. The number of aliphatic carboxylic acids is 2. The van der Waals surface area contributed by atoms with E-state index < -0.39 is 28.1 Å². The molecule has 0 aliphatic carbocycles. The fourth-order valence-electron chi connectivity index (χ4n) is 1.83. The van der Waals surface area contributed by atoms with Gasteiger partial charge in [0.05, 0.1) is 11.3 Å². The molecule has 152 valence electrons. The van der Waals surface area contributed by atoms with E-state index in [1.807, 2.05) is 30.3 Å². The van der Waals surface area contributed by atoms with Crippen LogP contribution in [0.4, 0.5) is 13.2 Å². The number of alkyl halides is 3. The zero-order valence-corrected chi connectivity index (χ0v) is 15.0. The third-order valence-electron chi connectivity index (χ3n) is 3.15. The second-order valence-corrected chi connectivity index (χ2v) is 7.00. The standard InChI is InChI=1S/C15H15NO4S.C2HF3O2/c17-15(18)10-11-16-21(19,20)14-8-6-13(7-9-14)12-4-2-1-3-5-12;3-2(4,5)1(6)7/h1-9,16H,10-11H2,(H,17,18);(H,6,7). The first-order valence-corrected chi connectivity index (χ1v) is 9.09. The number of hydrogen-bond acceptors (Lipinski definition) is 4. The Morgan fingerprint density at radius 3 is 1.79 bits per heavy atom. The maximum atomic E-state index is 12.0. The summed E-state index contributed by atoms with van der Waals surface area (Å²) in [5.74, 6) is -3.80. The minimum Gasteiger partial charge on any atom is -0.481 e. The molecule has 0 saturated heterocycles. The molecule has 3 N–H and O–H groups in total. The van der Waals surface area contributed by atoms with Crippen molar-refractivity contribution >= 4 is 22.0 Å². The van der Waals surface area contributed by atoms with Crippen molar-refractivity contribution in [3.63, 3.8) is 0 Å². The van der Waals surface area contributed by atoms with Crippen LogP contribution in [0, 0.1) is 0 Å². The Morgan fingerprint density at radius 1 is 0.893 bits per heavy atom. The van der Waals surface area contributed by atoms with E-state index in [4.69, 9.17) is 15.0 Å². The maximum Gasteiger partial charge on any atom is 0.490 e. The van der Waals surface area contributed by atoms with E-state index in [-0.39, 0.29) is 17.9 Å². The van der Waals surface area contributed by atoms with Crippen LogP contribution < -0.4 is 4.72 Å².